The number of hydrogen-bond donors (Lipinski definition) is 1. The van der Waals surface area contributed by atoms with Gasteiger partial charge in [0, 0.05) is 18.6 Å². The van der Waals surface area contributed by atoms with Crippen LogP contribution in [0.1, 0.15) is 26.7 Å². The van der Waals surface area contributed by atoms with Crippen LogP contribution in [0, 0.1) is 0 Å². The Morgan fingerprint density at radius 1 is 1.55 bits per heavy atom. The molecule has 0 aromatic rings. The zero-order valence-electron chi connectivity index (χ0n) is 7.93. The van der Waals surface area contributed by atoms with Gasteiger partial charge in [-0.25, -0.2) is 0 Å². The van der Waals surface area contributed by atoms with E-state index in [0.717, 1.165) is 6.04 Å². The van der Waals surface area contributed by atoms with Gasteiger partial charge in [0.05, 0.1) is 0 Å². The Balaban J connectivity index is 2.18. The molecule has 0 aliphatic carbocycles. The zero-order chi connectivity index (χ0) is 8.27. The second-order valence-corrected chi connectivity index (χ2v) is 3.83. The van der Waals surface area contributed by atoms with Crippen molar-refractivity contribution in [3.63, 3.8) is 0 Å². The highest BCUT2D eigenvalue weighted by molar-refractivity contribution is 4.77. The van der Waals surface area contributed by atoms with Crippen molar-refractivity contribution in [2.75, 3.05) is 20.1 Å². The second kappa shape index (κ2) is 4.07. The van der Waals surface area contributed by atoms with Gasteiger partial charge in [0.1, 0.15) is 0 Å². The van der Waals surface area contributed by atoms with E-state index in [0.29, 0.717) is 6.04 Å². The summed E-state index contributed by atoms with van der Waals surface area (Å²) in [6.07, 6.45) is 2.72. The van der Waals surface area contributed by atoms with E-state index in [2.05, 4.69) is 31.1 Å². The van der Waals surface area contributed by atoms with Crippen molar-refractivity contribution in [1.82, 2.24) is 10.2 Å². The molecule has 0 spiro atoms. The molecule has 0 aromatic heterocycles. The van der Waals surface area contributed by atoms with E-state index >= 15 is 0 Å². The fourth-order valence-electron chi connectivity index (χ4n) is 1.47. The van der Waals surface area contributed by atoms with Gasteiger partial charge in [-0.15, -0.1) is 0 Å². The van der Waals surface area contributed by atoms with Crippen LogP contribution in [0.4, 0.5) is 0 Å². The molecule has 2 nitrogen and oxygen atoms in total. The van der Waals surface area contributed by atoms with Crippen LogP contribution in [-0.2, 0) is 0 Å². The molecule has 1 aliphatic rings. The first-order valence-corrected chi connectivity index (χ1v) is 4.64. The Bertz CT molecular complexity index is 106. The van der Waals surface area contributed by atoms with E-state index in [-0.39, 0.29) is 0 Å². The summed E-state index contributed by atoms with van der Waals surface area (Å²) in [6, 6.07) is 1.43. The molecular weight excluding hydrogens is 136 g/mol. The van der Waals surface area contributed by atoms with Crippen molar-refractivity contribution in [2.45, 2.75) is 38.8 Å². The summed E-state index contributed by atoms with van der Waals surface area (Å²) >= 11 is 0. The Labute approximate surface area is 70.0 Å². The predicted octanol–water partition coefficient (Wildman–Crippen LogP) is 1.08. The van der Waals surface area contributed by atoms with Crippen molar-refractivity contribution >= 4 is 0 Å². The summed E-state index contributed by atoms with van der Waals surface area (Å²) in [7, 11) is 2.20. The quantitative estimate of drug-likeness (QED) is 0.658. The molecule has 1 aliphatic heterocycles. The summed E-state index contributed by atoms with van der Waals surface area (Å²) in [4.78, 5) is 2.41. The van der Waals surface area contributed by atoms with E-state index in [1.807, 2.05) is 0 Å². The molecule has 0 bridgehead atoms. The minimum atomic E-state index is 0.678. The standard InChI is InChI=1S/C9H20N2/c1-8(2)11(3)7-9-5-4-6-10-9/h8-10H,4-7H2,1-3H3/t9-/m1/s1. The van der Waals surface area contributed by atoms with Crippen molar-refractivity contribution in [2.24, 2.45) is 0 Å². The van der Waals surface area contributed by atoms with Crippen LogP contribution < -0.4 is 5.32 Å². The summed E-state index contributed by atoms with van der Waals surface area (Å²) in [5, 5.41) is 3.50. The number of hydrogen-bond acceptors (Lipinski definition) is 2. The highest BCUT2D eigenvalue weighted by Gasteiger charge is 2.16. The van der Waals surface area contributed by atoms with Gasteiger partial charge in [0.2, 0.25) is 0 Å². The van der Waals surface area contributed by atoms with Crippen LogP contribution in [0.25, 0.3) is 0 Å². The van der Waals surface area contributed by atoms with Crippen molar-refractivity contribution in [3.05, 3.63) is 0 Å². The summed E-state index contributed by atoms with van der Waals surface area (Å²) < 4.78 is 0. The van der Waals surface area contributed by atoms with Crippen LogP contribution in [0.3, 0.4) is 0 Å². The molecule has 0 saturated carbocycles. The lowest BCUT2D eigenvalue weighted by Gasteiger charge is -2.24. The minimum absolute atomic E-state index is 0.678. The summed E-state index contributed by atoms with van der Waals surface area (Å²) in [5.74, 6) is 0. The highest BCUT2D eigenvalue weighted by atomic mass is 15.1. The Morgan fingerprint density at radius 2 is 2.27 bits per heavy atom. The van der Waals surface area contributed by atoms with Gasteiger partial charge < -0.3 is 10.2 Å². The molecule has 1 atom stereocenters. The third-order valence-corrected chi connectivity index (χ3v) is 2.55. The molecule has 2 heteroatoms. The lowest BCUT2D eigenvalue weighted by molar-refractivity contribution is 0.249. The van der Waals surface area contributed by atoms with Crippen LogP contribution in [0.2, 0.25) is 0 Å². The molecule has 0 unspecified atom stereocenters. The maximum absolute atomic E-state index is 3.50. The van der Waals surface area contributed by atoms with E-state index in [1.54, 1.807) is 0 Å². The van der Waals surface area contributed by atoms with E-state index in [1.165, 1.54) is 25.9 Å². The van der Waals surface area contributed by atoms with Gasteiger partial charge in [-0.1, -0.05) is 0 Å². The van der Waals surface area contributed by atoms with E-state index < -0.39 is 0 Å². The monoisotopic (exact) mass is 156 g/mol. The van der Waals surface area contributed by atoms with E-state index in [9.17, 15) is 0 Å². The smallest absolute Gasteiger partial charge is 0.0195 e. The molecule has 1 heterocycles. The topological polar surface area (TPSA) is 15.3 Å². The Hall–Kier alpha value is -0.0800. The van der Waals surface area contributed by atoms with Crippen LogP contribution in [0.5, 0.6) is 0 Å². The van der Waals surface area contributed by atoms with Gasteiger partial charge in [-0.2, -0.15) is 0 Å². The first kappa shape index (κ1) is 9.01. The van der Waals surface area contributed by atoms with Crippen LogP contribution in [0.15, 0.2) is 0 Å². The molecular formula is C9H20N2. The van der Waals surface area contributed by atoms with Gasteiger partial charge in [0.25, 0.3) is 0 Å². The first-order valence-electron chi connectivity index (χ1n) is 4.64. The average molecular weight is 156 g/mol. The fourth-order valence-corrected chi connectivity index (χ4v) is 1.47. The third-order valence-electron chi connectivity index (χ3n) is 2.55. The van der Waals surface area contributed by atoms with Gasteiger partial charge in [0.15, 0.2) is 0 Å². The Morgan fingerprint density at radius 3 is 2.73 bits per heavy atom. The average Bonchev–Trinajstić information content (AvgIpc) is 2.39. The lowest BCUT2D eigenvalue weighted by Crippen LogP contribution is -2.38. The number of nitrogens with zero attached hydrogens (tertiary/aromatic N) is 1. The van der Waals surface area contributed by atoms with E-state index in [4.69, 9.17) is 0 Å². The highest BCUT2D eigenvalue weighted by Crippen LogP contribution is 2.07. The van der Waals surface area contributed by atoms with Gasteiger partial charge in [-0.3, -0.25) is 0 Å². The molecule has 0 radical (unpaired) electrons. The molecule has 0 aromatic carbocycles. The number of likely N-dealkylation sites (N-methyl/N-ethyl adjacent to an activating group) is 1. The van der Waals surface area contributed by atoms with Crippen LogP contribution in [-0.4, -0.2) is 37.1 Å². The lowest BCUT2D eigenvalue weighted by atomic mass is 10.2. The third kappa shape index (κ3) is 2.80. The van der Waals surface area contributed by atoms with Crippen molar-refractivity contribution in [3.8, 4) is 0 Å². The van der Waals surface area contributed by atoms with Gasteiger partial charge in [-0.05, 0) is 40.3 Å². The molecule has 0 amide bonds. The van der Waals surface area contributed by atoms with Crippen LogP contribution >= 0.6 is 0 Å². The molecule has 1 N–H and O–H groups in total. The predicted molar refractivity (Wildman–Crippen MR) is 48.8 cm³/mol. The first-order chi connectivity index (χ1) is 5.20. The Kier molecular flexibility index (Phi) is 3.34. The SMILES string of the molecule is CC(C)N(C)C[C@H]1CCCN1. The fraction of sp³-hybridized carbons (Fsp3) is 1.00. The van der Waals surface area contributed by atoms with Crippen molar-refractivity contribution < 1.29 is 0 Å². The maximum Gasteiger partial charge on any atom is 0.0195 e. The molecule has 11 heavy (non-hydrogen) atoms. The molecule has 1 saturated heterocycles. The summed E-state index contributed by atoms with van der Waals surface area (Å²) in [6.45, 7) is 6.91. The normalized spacial score (nSPS) is 25.4. The molecule has 66 valence electrons. The van der Waals surface area contributed by atoms with Gasteiger partial charge >= 0.3 is 0 Å². The largest absolute Gasteiger partial charge is 0.313 e. The molecule has 1 rings (SSSR count). The minimum Gasteiger partial charge on any atom is -0.313 e. The molecule has 1 fully saturated rings. The maximum atomic E-state index is 3.50. The zero-order valence-corrected chi connectivity index (χ0v) is 7.93. The number of nitrogens with one attached hydrogen (secondary N) is 1. The second-order valence-electron chi connectivity index (χ2n) is 3.83. The summed E-state index contributed by atoms with van der Waals surface area (Å²) in [5.41, 5.74) is 0. The number of rotatable bonds is 3. The van der Waals surface area contributed by atoms with Crippen molar-refractivity contribution in [1.29, 1.82) is 0 Å².